The Morgan fingerprint density at radius 3 is 2.56 bits per heavy atom. The van der Waals surface area contributed by atoms with E-state index in [2.05, 4.69) is 15.6 Å². The number of benzene rings is 2. The second-order valence-electron chi connectivity index (χ2n) is 5.40. The lowest BCUT2D eigenvalue weighted by atomic mass is 10.2. The molecule has 0 amide bonds. The summed E-state index contributed by atoms with van der Waals surface area (Å²) in [4.78, 5) is 12.5. The average Bonchev–Trinajstić information content (AvgIpc) is 2.72. The smallest absolute Gasteiger partial charge is 0.292 e. The van der Waals surface area contributed by atoms with Gasteiger partial charge in [0.25, 0.3) is 5.56 Å². The number of hydrazone groups is 1. The van der Waals surface area contributed by atoms with Crippen LogP contribution in [0.25, 0.3) is 5.69 Å². The molecule has 0 bridgehead atoms. The number of para-hydroxylation sites is 1. The molecule has 8 heteroatoms. The lowest BCUT2D eigenvalue weighted by molar-refractivity contribution is 0.414. The molecule has 3 aromatic rings. The molecule has 0 aliphatic heterocycles. The number of anilines is 1. The number of nitrogens with one attached hydrogen (secondary N) is 1. The van der Waals surface area contributed by atoms with E-state index in [1.54, 1.807) is 44.7 Å². The lowest BCUT2D eigenvalue weighted by Crippen LogP contribution is -2.22. The molecular weight excluding hydrogens is 368 g/mol. The Labute approximate surface area is 160 Å². The average molecular weight is 385 g/mol. The van der Waals surface area contributed by atoms with Gasteiger partial charge in [-0.15, -0.1) is 0 Å². The molecule has 0 aliphatic carbocycles. The maximum atomic E-state index is 12.5. The van der Waals surface area contributed by atoms with Crippen LogP contribution in [0.15, 0.2) is 64.6 Å². The highest BCUT2D eigenvalue weighted by molar-refractivity contribution is 6.32. The third-order valence-electron chi connectivity index (χ3n) is 3.76. The number of rotatable bonds is 6. The van der Waals surface area contributed by atoms with Gasteiger partial charge in [0.05, 0.1) is 32.3 Å². The predicted octanol–water partition coefficient (Wildman–Crippen LogP) is 3.35. The van der Waals surface area contributed by atoms with Gasteiger partial charge in [-0.1, -0.05) is 23.7 Å². The van der Waals surface area contributed by atoms with Crippen LogP contribution in [0.5, 0.6) is 11.5 Å². The van der Waals surface area contributed by atoms with Crippen LogP contribution in [-0.4, -0.2) is 30.2 Å². The molecule has 2 aromatic carbocycles. The number of nitrogens with zero attached hydrogens (tertiary/aromatic N) is 3. The number of halogens is 1. The van der Waals surface area contributed by atoms with Crippen molar-refractivity contribution in [3.63, 3.8) is 0 Å². The van der Waals surface area contributed by atoms with Crippen LogP contribution in [0.1, 0.15) is 5.56 Å². The molecule has 7 nitrogen and oxygen atoms in total. The van der Waals surface area contributed by atoms with Crippen molar-refractivity contribution in [2.75, 3.05) is 19.6 Å². The molecule has 0 atom stereocenters. The van der Waals surface area contributed by atoms with Crippen LogP contribution >= 0.6 is 11.6 Å². The summed E-state index contributed by atoms with van der Waals surface area (Å²) in [5, 5.41) is 8.23. The first-order valence-electron chi connectivity index (χ1n) is 7.98. The second kappa shape index (κ2) is 8.37. The Balaban J connectivity index is 1.82. The molecule has 27 heavy (non-hydrogen) atoms. The Morgan fingerprint density at radius 1 is 1.11 bits per heavy atom. The largest absolute Gasteiger partial charge is 0.497 e. The maximum Gasteiger partial charge on any atom is 0.292 e. The Bertz CT molecular complexity index is 1020. The topological polar surface area (TPSA) is 77.7 Å². The third kappa shape index (κ3) is 4.09. The number of methoxy groups -OCH3 is 2. The summed E-state index contributed by atoms with van der Waals surface area (Å²) >= 11 is 6.19. The van der Waals surface area contributed by atoms with Gasteiger partial charge in [-0.2, -0.15) is 14.9 Å². The van der Waals surface area contributed by atoms with Crippen molar-refractivity contribution in [2.24, 2.45) is 5.10 Å². The fraction of sp³-hybridized carbons (Fsp3) is 0.105. The van der Waals surface area contributed by atoms with Crippen LogP contribution in [0.2, 0.25) is 5.02 Å². The Kier molecular flexibility index (Phi) is 5.73. The summed E-state index contributed by atoms with van der Waals surface area (Å²) in [5.41, 5.74) is 3.94. The fourth-order valence-corrected chi connectivity index (χ4v) is 2.53. The molecule has 138 valence electrons. The highest BCUT2D eigenvalue weighted by Gasteiger charge is 2.10. The molecule has 1 heterocycles. The first-order valence-corrected chi connectivity index (χ1v) is 8.36. The summed E-state index contributed by atoms with van der Waals surface area (Å²) in [7, 11) is 3.15. The van der Waals surface area contributed by atoms with Gasteiger partial charge >= 0.3 is 0 Å². The van der Waals surface area contributed by atoms with Gasteiger partial charge < -0.3 is 9.47 Å². The highest BCUT2D eigenvalue weighted by atomic mass is 35.5. The van der Waals surface area contributed by atoms with Crippen LogP contribution < -0.4 is 20.5 Å². The zero-order valence-electron chi connectivity index (χ0n) is 14.7. The molecule has 1 N–H and O–H groups in total. The minimum absolute atomic E-state index is 0.0157. The van der Waals surface area contributed by atoms with E-state index in [1.807, 2.05) is 24.3 Å². The van der Waals surface area contributed by atoms with Gasteiger partial charge in [0.15, 0.2) is 0 Å². The van der Waals surface area contributed by atoms with Gasteiger partial charge in [0, 0.05) is 5.56 Å². The van der Waals surface area contributed by atoms with Gasteiger partial charge in [-0.05, 0) is 36.4 Å². The van der Waals surface area contributed by atoms with Crippen LogP contribution in [-0.2, 0) is 0 Å². The van der Waals surface area contributed by atoms with Crippen molar-refractivity contribution in [1.82, 2.24) is 9.78 Å². The zero-order valence-corrected chi connectivity index (χ0v) is 15.5. The van der Waals surface area contributed by atoms with E-state index in [0.717, 1.165) is 5.56 Å². The molecule has 0 spiro atoms. The van der Waals surface area contributed by atoms with E-state index in [-0.39, 0.29) is 5.02 Å². The van der Waals surface area contributed by atoms with Crippen molar-refractivity contribution in [2.45, 2.75) is 0 Å². The summed E-state index contributed by atoms with van der Waals surface area (Å²) in [6.45, 7) is 0. The van der Waals surface area contributed by atoms with Crippen LogP contribution in [0, 0.1) is 0 Å². The van der Waals surface area contributed by atoms with Crippen LogP contribution in [0.4, 0.5) is 5.69 Å². The van der Waals surface area contributed by atoms with Crippen LogP contribution in [0.3, 0.4) is 0 Å². The van der Waals surface area contributed by atoms with E-state index < -0.39 is 5.56 Å². The standard InChI is InChI=1S/C19H17ClN4O3/c1-26-15-9-7-14(8-10-15)24-19(25)18(20)16(12-22-24)23-21-11-13-5-3-4-6-17(13)27-2/h3-12,23H,1-2H3/b21-11-. The van der Waals surface area contributed by atoms with E-state index in [4.69, 9.17) is 21.1 Å². The fourth-order valence-electron chi connectivity index (χ4n) is 2.36. The number of hydrogen-bond donors (Lipinski definition) is 1. The molecule has 0 saturated carbocycles. The number of ether oxygens (including phenoxy) is 2. The third-order valence-corrected chi connectivity index (χ3v) is 4.13. The minimum atomic E-state index is -0.459. The van der Waals surface area contributed by atoms with Gasteiger partial charge in [-0.3, -0.25) is 10.2 Å². The molecule has 0 saturated heterocycles. The maximum absolute atomic E-state index is 12.5. The number of aromatic nitrogens is 2. The van der Waals surface area contributed by atoms with E-state index in [1.165, 1.54) is 10.9 Å². The SMILES string of the molecule is COc1ccc(-n2ncc(N/N=C\c3ccccc3OC)c(Cl)c2=O)cc1. The van der Waals surface area contributed by atoms with Crippen molar-refractivity contribution >= 4 is 23.5 Å². The first-order chi connectivity index (χ1) is 13.1. The number of hydrogen-bond acceptors (Lipinski definition) is 6. The van der Waals surface area contributed by atoms with Crippen molar-refractivity contribution in [3.8, 4) is 17.2 Å². The van der Waals surface area contributed by atoms with Gasteiger partial charge in [0.2, 0.25) is 0 Å². The van der Waals surface area contributed by atoms with Gasteiger partial charge in [-0.25, -0.2) is 0 Å². The Hall–Kier alpha value is -3.32. The lowest BCUT2D eigenvalue weighted by Gasteiger charge is -2.08. The summed E-state index contributed by atoms with van der Waals surface area (Å²) in [5.74, 6) is 1.36. The summed E-state index contributed by atoms with van der Waals surface area (Å²) < 4.78 is 11.6. The van der Waals surface area contributed by atoms with E-state index in [0.29, 0.717) is 22.9 Å². The quantitative estimate of drug-likeness (QED) is 0.521. The zero-order chi connectivity index (χ0) is 19.2. The molecular formula is C19H17ClN4O3. The molecule has 0 radical (unpaired) electrons. The molecule has 3 rings (SSSR count). The normalized spacial score (nSPS) is 10.8. The minimum Gasteiger partial charge on any atom is -0.497 e. The van der Waals surface area contributed by atoms with Crippen molar-refractivity contribution < 1.29 is 9.47 Å². The second-order valence-corrected chi connectivity index (χ2v) is 5.78. The van der Waals surface area contributed by atoms with E-state index >= 15 is 0 Å². The Morgan fingerprint density at radius 2 is 1.85 bits per heavy atom. The highest BCUT2D eigenvalue weighted by Crippen LogP contribution is 2.19. The molecule has 0 unspecified atom stereocenters. The monoisotopic (exact) mass is 384 g/mol. The summed E-state index contributed by atoms with van der Waals surface area (Å²) in [6.07, 6.45) is 3.01. The molecule has 0 fully saturated rings. The van der Waals surface area contributed by atoms with Crippen molar-refractivity contribution in [3.05, 3.63) is 75.7 Å². The first kappa shape index (κ1) is 18.5. The summed E-state index contributed by atoms with van der Waals surface area (Å²) in [6, 6.07) is 14.3. The molecule has 1 aromatic heterocycles. The van der Waals surface area contributed by atoms with Gasteiger partial charge in [0.1, 0.15) is 22.2 Å². The predicted molar refractivity (Wildman–Crippen MR) is 106 cm³/mol. The van der Waals surface area contributed by atoms with E-state index in [9.17, 15) is 4.79 Å². The van der Waals surface area contributed by atoms with Crippen molar-refractivity contribution in [1.29, 1.82) is 0 Å². The molecule has 0 aliphatic rings.